The van der Waals surface area contributed by atoms with Gasteiger partial charge in [0.2, 0.25) is 0 Å². The Morgan fingerprint density at radius 3 is 2.56 bits per heavy atom. The lowest BCUT2D eigenvalue weighted by molar-refractivity contribution is 0.0998. The lowest BCUT2D eigenvalue weighted by atomic mass is 10.0. The fourth-order valence-electron chi connectivity index (χ4n) is 4.10. The number of nitrogens with zero attached hydrogens (tertiary/aromatic N) is 3. The number of amides is 1. The van der Waals surface area contributed by atoms with Crippen LogP contribution in [0.5, 0.6) is 0 Å². The number of fused-ring (bicyclic) bond motifs is 2. The Morgan fingerprint density at radius 1 is 1.06 bits per heavy atom. The zero-order valence-electron chi connectivity index (χ0n) is 18.0. The van der Waals surface area contributed by atoms with Crippen molar-refractivity contribution < 1.29 is 22.0 Å². The van der Waals surface area contributed by atoms with Gasteiger partial charge in [-0.15, -0.1) is 0 Å². The fourth-order valence-corrected chi connectivity index (χ4v) is 6.70. The Kier molecular flexibility index (Phi) is 5.57. The standard InChI is InChI=1S/C24H19F2N3O3S2/c1-28-22-19(26)13-17(25)14-21(22)33-24(28)27-23(30)16-8-10-18(11-9-16)34(31,32)29-12-4-6-15-5-2-3-7-20(15)29/h2-3,5,7-11,13-14H,4,6,12H2,1H3. The second-order valence-corrected chi connectivity index (χ2v) is 10.8. The average Bonchev–Trinajstić information content (AvgIpc) is 3.13. The number of carbonyl (C=O) groups excluding carboxylic acids is 1. The Balaban J connectivity index is 1.46. The molecule has 10 heteroatoms. The zero-order chi connectivity index (χ0) is 24.0. The number of sulfonamides is 1. The van der Waals surface area contributed by atoms with Crippen LogP contribution in [0.25, 0.3) is 10.2 Å². The van der Waals surface area contributed by atoms with Crippen molar-refractivity contribution in [2.75, 3.05) is 10.8 Å². The van der Waals surface area contributed by atoms with Crippen molar-refractivity contribution in [2.45, 2.75) is 17.7 Å². The molecule has 0 saturated heterocycles. The Bertz CT molecular complexity index is 1610. The van der Waals surface area contributed by atoms with Gasteiger partial charge in [-0.2, -0.15) is 4.99 Å². The van der Waals surface area contributed by atoms with Crippen molar-refractivity contribution >= 4 is 43.2 Å². The predicted molar refractivity (Wildman–Crippen MR) is 126 cm³/mol. The molecule has 0 atom stereocenters. The normalized spacial score (nSPS) is 14.4. The summed E-state index contributed by atoms with van der Waals surface area (Å²) in [5.41, 5.74) is 1.99. The van der Waals surface area contributed by atoms with Crippen LogP contribution >= 0.6 is 11.3 Å². The molecule has 0 spiro atoms. The van der Waals surface area contributed by atoms with E-state index in [2.05, 4.69) is 4.99 Å². The highest BCUT2D eigenvalue weighted by molar-refractivity contribution is 7.92. The van der Waals surface area contributed by atoms with Crippen molar-refractivity contribution in [3.8, 4) is 0 Å². The largest absolute Gasteiger partial charge is 0.317 e. The maximum atomic E-state index is 14.1. The molecule has 1 aromatic heterocycles. The molecule has 2 heterocycles. The molecule has 5 rings (SSSR count). The Morgan fingerprint density at radius 2 is 1.79 bits per heavy atom. The number of hydrogen-bond acceptors (Lipinski definition) is 4. The number of benzene rings is 3. The molecule has 3 aromatic carbocycles. The predicted octanol–water partition coefficient (Wildman–Crippen LogP) is 4.40. The molecule has 0 saturated carbocycles. The van der Waals surface area contributed by atoms with E-state index in [0.29, 0.717) is 16.9 Å². The lowest BCUT2D eigenvalue weighted by Gasteiger charge is -2.30. The third kappa shape index (κ3) is 3.82. The molecule has 174 valence electrons. The topological polar surface area (TPSA) is 71.7 Å². The molecular formula is C24H19F2N3O3S2. The Hall–Kier alpha value is -3.37. The van der Waals surface area contributed by atoms with E-state index in [0.717, 1.165) is 35.8 Å². The molecule has 1 amide bonds. The van der Waals surface area contributed by atoms with Gasteiger partial charge < -0.3 is 4.57 Å². The van der Waals surface area contributed by atoms with Crippen LogP contribution in [0.3, 0.4) is 0 Å². The SMILES string of the molecule is Cn1c(=NC(=O)c2ccc(S(=O)(=O)N3CCCc4ccccc43)cc2)sc2cc(F)cc(F)c21. The maximum Gasteiger partial charge on any atom is 0.279 e. The summed E-state index contributed by atoms with van der Waals surface area (Å²) in [6.45, 7) is 0.384. The number of rotatable bonds is 3. The van der Waals surface area contributed by atoms with Crippen LogP contribution in [0.4, 0.5) is 14.5 Å². The van der Waals surface area contributed by atoms with Gasteiger partial charge in [0, 0.05) is 25.2 Å². The number of hydrogen-bond donors (Lipinski definition) is 0. The molecular weight excluding hydrogens is 480 g/mol. The highest BCUT2D eigenvalue weighted by Gasteiger charge is 2.29. The third-order valence-electron chi connectivity index (χ3n) is 5.77. The van der Waals surface area contributed by atoms with E-state index in [9.17, 15) is 22.0 Å². The van der Waals surface area contributed by atoms with E-state index in [1.54, 1.807) is 6.07 Å². The first-order valence-corrected chi connectivity index (χ1v) is 12.8. The number of anilines is 1. The van der Waals surface area contributed by atoms with Crippen molar-refractivity contribution in [1.82, 2.24) is 4.57 Å². The van der Waals surface area contributed by atoms with Gasteiger partial charge in [-0.1, -0.05) is 29.5 Å². The summed E-state index contributed by atoms with van der Waals surface area (Å²) in [7, 11) is -2.26. The quantitative estimate of drug-likeness (QED) is 0.420. The molecule has 0 radical (unpaired) electrons. The summed E-state index contributed by atoms with van der Waals surface area (Å²) < 4.78 is 57.3. The summed E-state index contributed by atoms with van der Waals surface area (Å²) in [5, 5.41) is 0. The second kappa shape index (κ2) is 8.44. The van der Waals surface area contributed by atoms with Crippen LogP contribution in [0.15, 0.2) is 70.6 Å². The number of aromatic nitrogens is 1. The summed E-state index contributed by atoms with van der Waals surface area (Å²) in [5.74, 6) is -2.07. The van der Waals surface area contributed by atoms with Crippen LogP contribution in [0, 0.1) is 11.6 Å². The maximum absolute atomic E-state index is 14.1. The van der Waals surface area contributed by atoms with E-state index >= 15 is 0 Å². The first kappa shape index (κ1) is 22.4. The highest BCUT2D eigenvalue weighted by atomic mass is 32.2. The van der Waals surface area contributed by atoms with Crippen LogP contribution < -0.4 is 9.11 Å². The number of halogens is 2. The molecule has 4 aromatic rings. The second-order valence-electron chi connectivity index (χ2n) is 7.93. The van der Waals surface area contributed by atoms with Gasteiger partial charge in [-0.3, -0.25) is 9.10 Å². The minimum Gasteiger partial charge on any atom is -0.317 e. The van der Waals surface area contributed by atoms with Crippen molar-refractivity contribution in [1.29, 1.82) is 0 Å². The van der Waals surface area contributed by atoms with Crippen molar-refractivity contribution in [3.63, 3.8) is 0 Å². The van der Waals surface area contributed by atoms with Crippen LogP contribution in [-0.2, 0) is 23.5 Å². The molecule has 0 bridgehead atoms. The molecule has 1 aliphatic rings. The van der Waals surface area contributed by atoms with E-state index in [-0.39, 0.29) is 20.8 Å². The van der Waals surface area contributed by atoms with Crippen LogP contribution in [0.2, 0.25) is 0 Å². The first-order chi connectivity index (χ1) is 16.3. The summed E-state index contributed by atoms with van der Waals surface area (Å²) in [4.78, 5) is 17.0. The molecule has 6 nitrogen and oxygen atoms in total. The molecule has 0 fully saturated rings. The van der Waals surface area contributed by atoms with Gasteiger partial charge in [-0.05, 0) is 54.8 Å². The Labute approximate surface area is 198 Å². The van der Waals surface area contributed by atoms with E-state index < -0.39 is 27.6 Å². The average molecular weight is 500 g/mol. The summed E-state index contributed by atoms with van der Waals surface area (Å²) in [6.07, 6.45) is 1.55. The van der Waals surface area contributed by atoms with Crippen molar-refractivity contribution in [2.24, 2.45) is 12.0 Å². The highest BCUT2D eigenvalue weighted by Crippen LogP contribution is 2.31. The molecule has 0 N–H and O–H groups in total. The molecule has 0 unspecified atom stereocenters. The zero-order valence-corrected chi connectivity index (χ0v) is 19.7. The molecule has 34 heavy (non-hydrogen) atoms. The minimum absolute atomic E-state index is 0.0747. The molecule has 1 aliphatic heterocycles. The van der Waals surface area contributed by atoms with E-state index in [1.165, 1.54) is 46.3 Å². The number of carbonyl (C=O) groups is 1. The number of thiazole rings is 1. The molecule has 0 aliphatic carbocycles. The van der Waals surface area contributed by atoms with Gasteiger partial charge in [0.25, 0.3) is 15.9 Å². The smallest absolute Gasteiger partial charge is 0.279 e. The van der Waals surface area contributed by atoms with Crippen LogP contribution in [0.1, 0.15) is 22.3 Å². The fraction of sp³-hybridized carbons (Fsp3) is 0.167. The third-order valence-corrected chi connectivity index (χ3v) is 8.68. The first-order valence-electron chi connectivity index (χ1n) is 10.5. The van der Waals surface area contributed by atoms with Gasteiger partial charge in [0.15, 0.2) is 10.6 Å². The minimum atomic E-state index is -3.80. The van der Waals surface area contributed by atoms with Gasteiger partial charge in [0.05, 0.1) is 20.8 Å². The monoisotopic (exact) mass is 499 g/mol. The lowest BCUT2D eigenvalue weighted by Crippen LogP contribution is -2.35. The summed E-state index contributed by atoms with van der Waals surface area (Å²) in [6, 6.07) is 15.0. The van der Waals surface area contributed by atoms with Crippen molar-refractivity contribution in [3.05, 3.63) is 88.2 Å². The van der Waals surface area contributed by atoms with E-state index in [1.807, 2.05) is 18.2 Å². The van der Waals surface area contributed by atoms with E-state index in [4.69, 9.17) is 0 Å². The number of aryl methyl sites for hydroxylation is 2. The van der Waals surface area contributed by atoms with Gasteiger partial charge >= 0.3 is 0 Å². The number of para-hydroxylation sites is 1. The van der Waals surface area contributed by atoms with Gasteiger partial charge in [-0.25, -0.2) is 17.2 Å². The van der Waals surface area contributed by atoms with Crippen LogP contribution in [-0.4, -0.2) is 25.4 Å². The summed E-state index contributed by atoms with van der Waals surface area (Å²) >= 11 is 0.988. The van der Waals surface area contributed by atoms with Gasteiger partial charge in [0.1, 0.15) is 5.82 Å².